The van der Waals surface area contributed by atoms with Crippen LogP contribution in [0.5, 0.6) is 0 Å². The zero-order chi connectivity index (χ0) is 9.42. The number of fused-ring (bicyclic) bond motifs is 1. The summed E-state index contributed by atoms with van der Waals surface area (Å²) in [6.07, 6.45) is 1.33. The van der Waals surface area contributed by atoms with E-state index in [-0.39, 0.29) is 12.2 Å². The molecule has 2 heterocycles. The molecule has 0 bridgehead atoms. The highest BCUT2D eigenvalue weighted by Crippen LogP contribution is 2.25. The number of aliphatic hydroxyl groups is 1. The Kier molecular flexibility index (Phi) is 1.70. The monoisotopic (exact) mass is 180 g/mol. The largest absolute Gasteiger partial charge is 0.463 e. The topological polar surface area (TPSA) is 63.6 Å². The molecule has 0 aromatic carbocycles. The van der Waals surface area contributed by atoms with E-state index in [0.29, 0.717) is 22.6 Å². The smallest absolute Gasteiger partial charge is 0.339 e. The fourth-order valence-electron chi connectivity index (χ4n) is 1.20. The molecule has 2 aliphatic rings. The average molecular weight is 180 g/mol. The summed E-state index contributed by atoms with van der Waals surface area (Å²) in [6, 6.07) is 1.61. The molecule has 0 atom stereocenters. The lowest BCUT2D eigenvalue weighted by molar-refractivity contribution is 0.243. The van der Waals surface area contributed by atoms with Crippen LogP contribution in [0.4, 0.5) is 0 Å². The number of rotatable bonds is 1. The van der Waals surface area contributed by atoms with Gasteiger partial charge in [-0.2, -0.15) is 0 Å². The Balaban J connectivity index is 2.75. The molecule has 0 saturated carbocycles. The van der Waals surface area contributed by atoms with Gasteiger partial charge in [0.15, 0.2) is 5.76 Å². The fraction of sp³-hybridized carbons (Fsp3) is 0.222. The van der Waals surface area contributed by atoms with Crippen molar-refractivity contribution in [1.82, 2.24) is 0 Å². The molecule has 2 rings (SSSR count). The molecular formula is C9H8O4. The summed E-state index contributed by atoms with van der Waals surface area (Å²) >= 11 is 0. The minimum atomic E-state index is -0.361. The summed E-state index contributed by atoms with van der Waals surface area (Å²) in [5.74, 6) is 0.830. The van der Waals surface area contributed by atoms with Crippen LogP contribution in [0.3, 0.4) is 0 Å². The van der Waals surface area contributed by atoms with Crippen LogP contribution in [-0.4, -0.2) is 5.11 Å². The molecule has 2 aliphatic heterocycles. The second kappa shape index (κ2) is 2.74. The first-order chi connectivity index (χ1) is 6.22. The first kappa shape index (κ1) is 8.07. The third-order valence-corrected chi connectivity index (χ3v) is 1.96. The van der Waals surface area contributed by atoms with Crippen molar-refractivity contribution in [3.63, 3.8) is 0 Å². The summed E-state index contributed by atoms with van der Waals surface area (Å²) < 4.78 is 9.84. The van der Waals surface area contributed by atoms with Gasteiger partial charge < -0.3 is 13.9 Å². The minimum absolute atomic E-state index is 0.186. The Hall–Kier alpha value is -1.55. The zero-order valence-corrected chi connectivity index (χ0v) is 7.03. The van der Waals surface area contributed by atoms with Crippen molar-refractivity contribution in [3.8, 4) is 11.3 Å². The van der Waals surface area contributed by atoms with E-state index in [4.69, 9.17) is 13.9 Å². The van der Waals surface area contributed by atoms with Gasteiger partial charge in [0.25, 0.3) is 0 Å². The van der Waals surface area contributed by atoms with E-state index in [1.807, 2.05) is 0 Å². The van der Waals surface area contributed by atoms with Gasteiger partial charge in [-0.3, -0.25) is 0 Å². The van der Waals surface area contributed by atoms with E-state index in [1.165, 1.54) is 6.26 Å². The van der Waals surface area contributed by atoms with Crippen molar-refractivity contribution in [3.05, 3.63) is 34.1 Å². The first-order valence-electron chi connectivity index (χ1n) is 3.84. The van der Waals surface area contributed by atoms with E-state index >= 15 is 0 Å². The predicted octanol–water partition coefficient (Wildman–Crippen LogP) is 1.14. The maximum atomic E-state index is 11.1. The predicted molar refractivity (Wildman–Crippen MR) is 44.5 cm³/mol. The minimum Gasteiger partial charge on any atom is -0.463 e. The van der Waals surface area contributed by atoms with E-state index in [9.17, 15) is 4.79 Å². The molecule has 0 spiro atoms. The molecule has 0 aromatic heterocycles. The van der Waals surface area contributed by atoms with Gasteiger partial charge in [-0.1, -0.05) is 0 Å². The molecule has 1 N–H and O–H groups in total. The Bertz CT molecular complexity index is 451. The van der Waals surface area contributed by atoms with E-state index < -0.39 is 0 Å². The summed E-state index contributed by atoms with van der Waals surface area (Å²) in [5, 5.41) is 8.79. The van der Waals surface area contributed by atoms with Gasteiger partial charge in [0.1, 0.15) is 18.6 Å². The molecule has 68 valence electrons. The highest BCUT2D eigenvalue weighted by molar-refractivity contribution is 5.61. The summed E-state index contributed by atoms with van der Waals surface area (Å²) in [5.41, 5.74) is 0.876. The molecule has 13 heavy (non-hydrogen) atoms. The van der Waals surface area contributed by atoms with Crippen LogP contribution in [0.15, 0.2) is 26.0 Å². The molecular weight excluding hydrogens is 172 g/mol. The van der Waals surface area contributed by atoms with Crippen LogP contribution in [0.25, 0.3) is 11.3 Å². The van der Waals surface area contributed by atoms with E-state index in [0.717, 1.165) is 0 Å². The lowest BCUT2D eigenvalue weighted by atomic mass is 10.1. The SMILES string of the molecule is Cc1c2cc(CO)occ-2oc1=O. The van der Waals surface area contributed by atoms with Gasteiger partial charge in [0.2, 0.25) is 0 Å². The normalized spacial score (nSPS) is 10.9. The molecule has 0 fully saturated rings. The van der Waals surface area contributed by atoms with Crippen molar-refractivity contribution in [2.45, 2.75) is 13.5 Å². The number of aliphatic hydroxyl groups excluding tert-OH is 1. The molecule has 0 radical (unpaired) electrons. The molecule has 0 amide bonds. The van der Waals surface area contributed by atoms with Crippen LogP contribution < -0.4 is 5.63 Å². The van der Waals surface area contributed by atoms with Gasteiger partial charge in [-0.25, -0.2) is 4.79 Å². The highest BCUT2D eigenvalue weighted by Gasteiger charge is 2.15. The zero-order valence-electron chi connectivity index (χ0n) is 7.03. The number of hydrogen-bond acceptors (Lipinski definition) is 4. The Labute approximate surface area is 73.8 Å². The Morgan fingerprint density at radius 2 is 2.31 bits per heavy atom. The van der Waals surface area contributed by atoms with E-state index in [2.05, 4.69) is 0 Å². The summed E-state index contributed by atoms with van der Waals surface area (Å²) in [7, 11) is 0. The van der Waals surface area contributed by atoms with Gasteiger partial charge >= 0.3 is 5.63 Å². The first-order valence-corrected chi connectivity index (χ1v) is 3.84. The standard InChI is InChI=1S/C9H8O4/c1-5-7-2-6(3-10)12-4-8(7)13-9(5)11/h2,4,10H,3H2,1H3. The summed E-state index contributed by atoms with van der Waals surface area (Å²) in [4.78, 5) is 11.1. The van der Waals surface area contributed by atoms with Gasteiger partial charge in [0, 0.05) is 11.1 Å². The lowest BCUT2D eigenvalue weighted by Crippen LogP contribution is -1.94. The summed E-state index contributed by atoms with van der Waals surface area (Å²) in [6.45, 7) is 1.49. The highest BCUT2D eigenvalue weighted by atomic mass is 16.4. The van der Waals surface area contributed by atoms with Crippen molar-refractivity contribution < 1.29 is 13.9 Å². The van der Waals surface area contributed by atoms with Crippen LogP contribution >= 0.6 is 0 Å². The number of hydrogen-bond donors (Lipinski definition) is 1. The van der Waals surface area contributed by atoms with Crippen molar-refractivity contribution in [2.24, 2.45) is 0 Å². The fourth-order valence-corrected chi connectivity index (χ4v) is 1.20. The van der Waals surface area contributed by atoms with Crippen LogP contribution in [0.2, 0.25) is 0 Å². The molecule has 0 saturated heterocycles. The van der Waals surface area contributed by atoms with Crippen LogP contribution in [0, 0.1) is 6.92 Å². The van der Waals surface area contributed by atoms with Gasteiger partial charge in [0.05, 0.1) is 0 Å². The molecule has 0 aromatic rings. The Morgan fingerprint density at radius 1 is 1.54 bits per heavy atom. The van der Waals surface area contributed by atoms with Gasteiger partial charge in [-0.15, -0.1) is 0 Å². The van der Waals surface area contributed by atoms with E-state index in [1.54, 1.807) is 13.0 Å². The second-order valence-electron chi connectivity index (χ2n) is 2.80. The molecule has 0 unspecified atom stereocenters. The van der Waals surface area contributed by atoms with Crippen LogP contribution in [-0.2, 0) is 6.61 Å². The average Bonchev–Trinajstić information content (AvgIpc) is 2.43. The second-order valence-corrected chi connectivity index (χ2v) is 2.80. The lowest BCUT2D eigenvalue weighted by Gasteiger charge is -1.98. The van der Waals surface area contributed by atoms with Crippen molar-refractivity contribution >= 4 is 0 Å². The molecule has 0 aliphatic carbocycles. The van der Waals surface area contributed by atoms with Gasteiger partial charge in [-0.05, 0) is 13.0 Å². The van der Waals surface area contributed by atoms with Crippen molar-refractivity contribution in [2.75, 3.05) is 0 Å². The third kappa shape index (κ3) is 1.15. The quantitative estimate of drug-likeness (QED) is 0.714. The maximum absolute atomic E-state index is 11.1. The Morgan fingerprint density at radius 3 is 3.00 bits per heavy atom. The molecule has 4 heteroatoms. The van der Waals surface area contributed by atoms with Crippen molar-refractivity contribution in [1.29, 1.82) is 0 Å². The third-order valence-electron chi connectivity index (χ3n) is 1.96. The molecule has 4 nitrogen and oxygen atoms in total. The maximum Gasteiger partial charge on any atom is 0.339 e. The number of furan rings is 1. The van der Waals surface area contributed by atoms with Crippen LogP contribution in [0.1, 0.15) is 11.3 Å².